The molecule has 1 atom stereocenters. The number of hydrogen-bond acceptors (Lipinski definition) is 5. The van der Waals surface area contributed by atoms with E-state index in [4.69, 9.17) is 9.47 Å². The van der Waals surface area contributed by atoms with Crippen molar-refractivity contribution in [3.05, 3.63) is 79.4 Å². The van der Waals surface area contributed by atoms with Gasteiger partial charge in [-0.2, -0.15) is 0 Å². The van der Waals surface area contributed by atoms with Gasteiger partial charge < -0.3 is 14.6 Å². The van der Waals surface area contributed by atoms with Gasteiger partial charge in [-0.1, -0.05) is 24.3 Å². The van der Waals surface area contributed by atoms with Crippen molar-refractivity contribution in [2.45, 2.75) is 6.10 Å². The Morgan fingerprint density at radius 1 is 1.04 bits per heavy atom. The molecule has 0 aliphatic carbocycles. The minimum absolute atomic E-state index is 0.617. The Kier molecular flexibility index (Phi) is 8.97. The molecule has 5 nitrogen and oxygen atoms in total. The second-order valence-corrected chi connectivity index (χ2v) is 4.46. The number of aliphatic hydroxyl groups excluding tert-OH is 1. The summed E-state index contributed by atoms with van der Waals surface area (Å²) in [6.45, 7) is 8.18. The van der Waals surface area contributed by atoms with E-state index in [1.165, 1.54) is 6.33 Å². The van der Waals surface area contributed by atoms with Gasteiger partial charge in [0.2, 0.25) is 0 Å². The van der Waals surface area contributed by atoms with Gasteiger partial charge in [-0.3, -0.25) is 0 Å². The van der Waals surface area contributed by atoms with Gasteiger partial charge in [0.05, 0.1) is 20.3 Å². The predicted molar refractivity (Wildman–Crippen MR) is 90.3 cm³/mol. The largest absolute Gasteiger partial charge is 0.497 e. The van der Waals surface area contributed by atoms with Crippen LogP contribution in [0, 0.1) is 0 Å². The summed E-state index contributed by atoms with van der Waals surface area (Å²) in [6.07, 6.45) is 7.35. The number of rotatable bonds is 7. The lowest BCUT2D eigenvalue weighted by Gasteiger charge is -2.10. The van der Waals surface area contributed by atoms with Crippen LogP contribution in [0.2, 0.25) is 0 Å². The number of aromatic nitrogens is 2. The van der Waals surface area contributed by atoms with Crippen LogP contribution in [0.3, 0.4) is 0 Å². The minimum atomic E-state index is -0.702. The molecular weight excluding hydrogens is 292 g/mol. The van der Waals surface area contributed by atoms with Crippen molar-refractivity contribution in [1.29, 1.82) is 0 Å². The standard InChI is InChI=1S/C12H12N2O2.C6H10O/c1-16-11-4-2-9(3-5-11)12(15)10-6-13-8-14-7-10;1-3-5-7-6-4-2/h2-8,12,15H,1H3;3-4H,1-2,5-6H2. The van der Waals surface area contributed by atoms with Crippen molar-refractivity contribution >= 4 is 0 Å². The van der Waals surface area contributed by atoms with Crippen LogP contribution in [0.4, 0.5) is 0 Å². The Hall–Kier alpha value is -2.50. The summed E-state index contributed by atoms with van der Waals surface area (Å²) in [4.78, 5) is 7.74. The third kappa shape index (κ3) is 6.86. The molecule has 0 fully saturated rings. The second kappa shape index (κ2) is 11.1. The Morgan fingerprint density at radius 3 is 2.09 bits per heavy atom. The fraction of sp³-hybridized carbons (Fsp3) is 0.222. The summed E-state index contributed by atoms with van der Waals surface area (Å²) < 4.78 is 9.94. The van der Waals surface area contributed by atoms with E-state index in [0.717, 1.165) is 11.3 Å². The third-order valence-corrected chi connectivity index (χ3v) is 2.80. The Morgan fingerprint density at radius 2 is 1.61 bits per heavy atom. The lowest BCUT2D eigenvalue weighted by atomic mass is 10.0. The van der Waals surface area contributed by atoms with Crippen LogP contribution in [0.5, 0.6) is 5.75 Å². The van der Waals surface area contributed by atoms with Crippen LogP contribution in [-0.4, -0.2) is 35.4 Å². The average Bonchev–Trinajstić information content (AvgIpc) is 2.63. The average molecular weight is 314 g/mol. The highest BCUT2D eigenvalue weighted by molar-refractivity contribution is 5.32. The van der Waals surface area contributed by atoms with E-state index in [9.17, 15) is 5.11 Å². The van der Waals surface area contributed by atoms with Crippen molar-refractivity contribution in [2.24, 2.45) is 0 Å². The zero-order chi connectivity index (χ0) is 16.9. The summed E-state index contributed by atoms with van der Waals surface area (Å²) in [5.74, 6) is 0.764. The highest BCUT2D eigenvalue weighted by atomic mass is 16.5. The first-order valence-electron chi connectivity index (χ1n) is 7.09. The van der Waals surface area contributed by atoms with E-state index in [0.29, 0.717) is 18.8 Å². The van der Waals surface area contributed by atoms with Crippen molar-refractivity contribution < 1.29 is 14.6 Å². The van der Waals surface area contributed by atoms with Gasteiger partial charge in [-0.05, 0) is 17.7 Å². The van der Waals surface area contributed by atoms with Crippen LogP contribution >= 0.6 is 0 Å². The summed E-state index contributed by atoms with van der Waals surface area (Å²) in [5, 5.41) is 10.0. The molecule has 0 bridgehead atoms. The summed E-state index contributed by atoms with van der Waals surface area (Å²) in [5.41, 5.74) is 1.46. The maximum Gasteiger partial charge on any atom is 0.118 e. The molecule has 0 saturated carbocycles. The highest BCUT2D eigenvalue weighted by Gasteiger charge is 2.10. The maximum absolute atomic E-state index is 10.0. The molecule has 1 N–H and O–H groups in total. The van der Waals surface area contributed by atoms with Gasteiger partial charge >= 0.3 is 0 Å². The van der Waals surface area contributed by atoms with Crippen LogP contribution in [-0.2, 0) is 4.74 Å². The highest BCUT2D eigenvalue weighted by Crippen LogP contribution is 2.22. The van der Waals surface area contributed by atoms with Gasteiger partial charge in [0.1, 0.15) is 18.2 Å². The molecule has 2 rings (SSSR count). The van der Waals surface area contributed by atoms with Gasteiger partial charge in [0.15, 0.2) is 0 Å². The van der Waals surface area contributed by atoms with E-state index in [1.807, 2.05) is 24.3 Å². The zero-order valence-corrected chi connectivity index (χ0v) is 13.3. The van der Waals surface area contributed by atoms with Gasteiger partial charge in [0, 0.05) is 18.0 Å². The smallest absolute Gasteiger partial charge is 0.118 e. The Labute approximate surface area is 136 Å². The molecule has 0 amide bonds. The molecule has 0 aliphatic heterocycles. The minimum Gasteiger partial charge on any atom is -0.497 e. The molecule has 1 aromatic carbocycles. The third-order valence-electron chi connectivity index (χ3n) is 2.80. The first-order chi connectivity index (χ1) is 11.2. The topological polar surface area (TPSA) is 64.5 Å². The Bertz CT molecular complexity index is 563. The van der Waals surface area contributed by atoms with Crippen LogP contribution in [0.1, 0.15) is 17.2 Å². The normalized spacial score (nSPS) is 10.9. The zero-order valence-electron chi connectivity index (χ0n) is 13.3. The Balaban J connectivity index is 0.000000322. The maximum atomic E-state index is 10.0. The molecular formula is C18H22N2O3. The monoisotopic (exact) mass is 314 g/mol. The van der Waals surface area contributed by atoms with E-state index in [2.05, 4.69) is 23.1 Å². The van der Waals surface area contributed by atoms with E-state index < -0.39 is 6.10 Å². The van der Waals surface area contributed by atoms with Crippen molar-refractivity contribution in [3.63, 3.8) is 0 Å². The fourth-order valence-electron chi connectivity index (χ4n) is 1.67. The molecule has 122 valence electrons. The van der Waals surface area contributed by atoms with Crippen LogP contribution in [0.15, 0.2) is 68.3 Å². The molecule has 0 saturated heterocycles. The number of ether oxygens (including phenoxy) is 2. The molecule has 1 unspecified atom stereocenters. The number of methoxy groups -OCH3 is 1. The molecule has 1 heterocycles. The number of benzene rings is 1. The second-order valence-electron chi connectivity index (χ2n) is 4.46. The molecule has 0 aliphatic rings. The molecule has 0 radical (unpaired) electrons. The van der Waals surface area contributed by atoms with Crippen LogP contribution < -0.4 is 4.74 Å². The summed E-state index contributed by atoms with van der Waals surface area (Å²) >= 11 is 0. The van der Waals surface area contributed by atoms with Gasteiger partial charge in [0.25, 0.3) is 0 Å². The molecule has 5 heteroatoms. The number of nitrogens with zero attached hydrogens (tertiary/aromatic N) is 2. The van der Waals surface area contributed by atoms with Gasteiger partial charge in [-0.15, -0.1) is 13.2 Å². The molecule has 23 heavy (non-hydrogen) atoms. The molecule has 2 aromatic rings. The van der Waals surface area contributed by atoms with Crippen molar-refractivity contribution in [3.8, 4) is 5.75 Å². The quantitative estimate of drug-likeness (QED) is 0.629. The van der Waals surface area contributed by atoms with Gasteiger partial charge in [-0.25, -0.2) is 9.97 Å². The van der Waals surface area contributed by atoms with Crippen molar-refractivity contribution in [1.82, 2.24) is 9.97 Å². The summed E-state index contributed by atoms with van der Waals surface area (Å²) in [7, 11) is 1.61. The lowest BCUT2D eigenvalue weighted by Crippen LogP contribution is -2.00. The molecule has 0 spiro atoms. The predicted octanol–water partition coefficient (Wildman–Crippen LogP) is 2.94. The molecule has 1 aromatic heterocycles. The first-order valence-corrected chi connectivity index (χ1v) is 7.09. The fourth-order valence-corrected chi connectivity index (χ4v) is 1.67. The van der Waals surface area contributed by atoms with E-state index in [1.54, 1.807) is 31.7 Å². The van der Waals surface area contributed by atoms with E-state index in [-0.39, 0.29) is 0 Å². The summed E-state index contributed by atoms with van der Waals surface area (Å²) in [6, 6.07) is 7.25. The lowest BCUT2D eigenvalue weighted by molar-refractivity contribution is 0.194. The van der Waals surface area contributed by atoms with Crippen LogP contribution in [0.25, 0.3) is 0 Å². The number of hydrogen-bond donors (Lipinski definition) is 1. The van der Waals surface area contributed by atoms with E-state index >= 15 is 0 Å². The SMILES string of the molecule is C=CCOCC=C.COc1ccc(C(O)c2cncnc2)cc1. The van der Waals surface area contributed by atoms with Crippen molar-refractivity contribution in [2.75, 3.05) is 20.3 Å². The number of aliphatic hydroxyl groups is 1. The first kappa shape index (κ1) is 18.5.